The van der Waals surface area contributed by atoms with Gasteiger partial charge in [0.05, 0.1) is 23.0 Å². The Bertz CT molecular complexity index is 1180. The lowest BCUT2D eigenvalue weighted by atomic mass is 9.63. The first-order valence-electron chi connectivity index (χ1n) is 10.1. The molecule has 6 unspecified atom stereocenters. The number of furan rings is 1. The highest BCUT2D eigenvalue weighted by Gasteiger charge is 2.67. The van der Waals surface area contributed by atoms with E-state index in [1.54, 1.807) is 18.2 Å². The van der Waals surface area contributed by atoms with Crippen molar-refractivity contribution in [1.29, 1.82) is 0 Å². The molecule has 6 atom stereocenters. The molecule has 2 saturated carbocycles. The number of hydrazone groups is 1. The summed E-state index contributed by atoms with van der Waals surface area (Å²) < 4.78 is 6.29. The lowest BCUT2D eigenvalue weighted by Gasteiger charge is -2.37. The molecule has 1 aromatic heterocycles. The van der Waals surface area contributed by atoms with Crippen LogP contribution in [0.1, 0.15) is 12.2 Å². The normalized spacial score (nSPS) is 32.6. The highest BCUT2D eigenvalue weighted by molar-refractivity contribution is 9.10. The fraction of sp³-hybridized carbons (Fsp3) is 0.318. The molecule has 0 spiro atoms. The van der Waals surface area contributed by atoms with Crippen LogP contribution in [0.25, 0.3) is 11.3 Å². The zero-order chi connectivity index (χ0) is 21.4. The second kappa shape index (κ2) is 6.46. The van der Waals surface area contributed by atoms with Crippen LogP contribution in [-0.2, 0) is 9.59 Å². The second-order valence-corrected chi connectivity index (χ2v) is 9.37. The Morgan fingerprint density at radius 3 is 2.39 bits per heavy atom. The van der Waals surface area contributed by atoms with E-state index in [0.29, 0.717) is 33.4 Å². The highest BCUT2D eigenvalue weighted by Crippen LogP contribution is 2.65. The van der Waals surface area contributed by atoms with Gasteiger partial charge in [-0.05, 0) is 64.2 Å². The van der Waals surface area contributed by atoms with Crippen molar-refractivity contribution >= 4 is 39.6 Å². The zero-order valence-corrected chi connectivity index (χ0v) is 17.6. The third-order valence-electron chi connectivity index (χ3n) is 7.00. The quantitative estimate of drug-likeness (QED) is 0.215. The number of carbonyl (C=O) groups excluding carboxylic acids is 2. The smallest absolute Gasteiger partial charge is 0.270 e. The summed E-state index contributed by atoms with van der Waals surface area (Å²) in [6.45, 7) is 0. The summed E-state index contributed by atoms with van der Waals surface area (Å²) in [5.41, 5.74) is 0.615. The number of nitro benzene ring substituents is 1. The van der Waals surface area contributed by atoms with E-state index in [2.05, 4.69) is 33.2 Å². The SMILES string of the molecule is O=C1C2C3C=CC(C4CC34)C2C(=O)N1N=Cc1ccc(-c2ccc([N+](=O)[O-])cc2Br)o1. The average molecular weight is 482 g/mol. The first-order valence-corrected chi connectivity index (χ1v) is 10.9. The number of allylic oxidation sites excluding steroid dienone is 2. The van der Waals surface area contributed by atoms with Gasteiger partial charge in [0, 0.05) is 22.2 Å². The molecule has 4 aliphatic carbocycles. The van der Waals surface area contributed by atoms with Gasteiger partial charge in [-0.15, -0.1) is 0 Å². The van der Waals surface area contributed by atoms with Gasteiger partial charge in [-0.25, -0.2) is 0 Å². The van der Waals surface area contributed by atoms with Crippen molar-refractivity contribution in [2.75, 3.05) is 0 Å². The molecule has 1 aromatic carbocycles. The molecule has 31 heavy (non-hydrogen) atoms. The van der Waals surface area contributed by atoms with Crippen molar-refractivity contribution in [2.45, 2.75) is 6.42 Å². The maximum absolute atomic E-state index is 12.9. The van der Waals surface area contributed by atoms with Gasteiger partial charge in [-0.2, -0.15) is 10.1 Å². The van der Waals surface area contributed by atoms with Gasteiger partial charge in [0.25, 0.3) is 17.5 Å². The van der Waals surface area contributed by atoms with Gasteiger partial charge in [0.15, 0.2) is 0 Å². The summed E-state index contributed by atoms with van der Waals surface area (Å²) in [5.74, 6) is 1.25. The molecule has 156 valence electrons. The maximum atomic E-state index is 12.9. The van der Waals surface area contributed by atoms with E-state index in [9.17, 15) is 19.7 Å². The number of rotatable bonds is 4. The molecule has 2 heterocycles. The van der Waals surface area contributed by atoms with Crippen LogP contribution >= 0.6 is 15.9 Å². The molecule has 0 N–H and O–H groups in total. The van der Waals surface area contributed by atoms with E-state index in [4.69, 9.17) is 4.42 Å². The van der Waals surface area contributed by atoms with E-state index in [1.165, 1.54) is 18.3 Å². The van der Waals surface area contributed by atoms with Crippen LogP contribution in [0.5, 0.6) is 0 Å². The van der Waals surface area contributed by atoms with Crippen molar-refractivity contribution in [2.24, 2.45) is 40.6 Å². The number of hydrogen-bond donors (Lipinski definition) is 0. The van der Waals surface area contributed by atoms with Gasteiger partial charge in [-0.3, -0.25) is 19.7 Å². The minimum Gasteiger partial charge on any atom is -0.455 e. The van der Waals surface area contributed by atoms with Crippen molar-refractivity contribution in [1.82, 2.24) is 5.01 Å². The molecular weight excluding hydrogens is 466 g/mol. The topological polar surface area (TPSA) is 106 Å². The van der Waals surface area contributed by atoms with Gasteiger partial charge in [-0.1, -0.05) is 12.2 Å². The Balaban J connectivity index is 1.23. The van der Waals surface area contributed by atoms with Crippen LogP contribution in [0.15, 0.2) is 56.5 Å². The zero-order valence-electron chi connectivity index (χ0n) is 16.1. The van der Waals surface area contributed by atoms with Crippen molar-refractivity contribution in [3.63, 3.8) is 0 Å². The molecule has 3 fully saturated rings. The fourth-order valence-corrected chi connectivity index (χ4v) is 6.12. The number of benzene rings is 1. The summed E-state index contributed by atoms with van der Waals surface area (Å²) in [4.78, 5) is 36.3. The largest absolute Gasteiger partial charge is 0.455 e. The number of nitro groups is 1. The number of halogens is 1. The van der Waals surface area contributed by atoms with Crippen LogP contribution < -0.4 is 0 Å². The highest BCUT2D eigenvalue weighted by atomic mass is 79.9. The molecule has 8 nitrogen and oxygen atoms in total. The fourth-order valence-electron chi connectivity index (χ4n) is 5.55. The molecule has 2 aromatic rings. The number of nitrogens with zero attached hydrogens (tertiary/aromatic N) is 3. The number of amides is 2. The Kier molecular flexibility index (Phi) is 3.89. The van der Waals surface area contributed by atoms with Crippen LogP contribution in [0.3, 0.4) is 0 Å². The van der Waals surface area contributed by atoms with Crippen LogP contribution in [0.2, 0.25) is 0 Å². The number of imide groups is 1. The molecule has 9 heteroatoms. The van der Waals surface area contributed by atoms with Crippen LogP contribution in [0.4, 0.5) is 5.69 Å². The van der Waals surface area contributed by atoms with Gasteiger partial charge in [0.2, 0.25) is 0 Å². The van der Waals surface area contributed by atoms with Crippen LogP contribution in [0, 0.1) is 45.6 Å². The van der Waals surface area contributed by atoms with E-state index < -0.39 is 4.92 Å². The Labute approximate surface area is 184 Å². The summed E-state index contributed by atoms with van der Waals surface area (Å²) >= 11 is 3.33. The van der Waals surface area contributed by atoms with Crippen molar-refractivity contribution in [3.05, 3.63) is 62.8 Å². The van der Waals surface area contributed by atoms with Crippen molar-refractivity contribution in [3.8, 4) is 11.3 Å². The van der Waals surface area contributed by atoms with E-state index in [-0.39, 0.29) is 41.2 Å². The molecule has 5 aliphatic rings. The second-order valence-electron chi connectivity index (χ2n) is 8.51. The van der Waals surface area contributed by atoms with Gasteiger partial charge in [0.1, 0.15) is 11.5 Å². The lowest BCUT2D eigenvalue weighted by Crippen LogP contribution is -2.40. The Morgan fingerprint density at radius 1 is 1.10 bits per heavy atom. The third-order valence-corrected chi connectivity index (χ3v) is 7.65. The maximum Gasteiger partial charge on any atom is 0.270 e. The molecule has 7 rings (SSSR count). The predicted molar refractivity (Wildman–Crippen MR) is 113 cm³/mol. The minimum absolute atomic E-state index is 0.0300. The lowest BCUT2D eigenvalue weighted by molar-refractivity contribution is -0.384. The van der Waals surface area contributed by atoms with E-state index in [0.717, 1.165) is 11.4 Å². The van der Waals surface area contributed by atoms with Gasteiger partial charge < -0.3 is 4.42 Å². The summed E-state index contributed by atoms with van der Waals surface area (Å²) in [6, 6.07) is 7.77. The molecular formula is C22H16BrN3O5. The Hall–Kier alpha value is -3.07. The van der Waals surface area contributed by atoms with E-state index >= 15 is 0 Å². The Morgan fingerprint density at radius 2 is 1.77 bits per heavy atom. The average Bonchev–Trinajstić information content (AvgIpc) is 3.40. The van der Waals surface area contributed by atoms with Crippen LogP contribution in [-0.4, -0.2) is 28.0 Å². The van der Waals surface area contributed by atoms with Crippen molar-refractivity contribution < 1.29 is 18.9 Å². The first-order chi connectivity index (χ1) is 14.9. The molecule has 0 radical (unpaired) electrons. The first kappa shape index (κ1) is 18.7. The monoisotopic (exact) mass is 481 g/mol. The summed E-state index contributed by atoms with van der Waals surface area (Å²) in [5, 5.41) is 16.1. The summed E-state index contributed by atoms with van der Waals surface area (Å²) in [6.07, 6.45) is 6.73. The number of carbonyl (C=O) groups is 2. The molecule has 1 saturated heterocycles. The standard InChI is InChI=1S/C22H16BrN3O5/c23-17-7-10(26(29)30)1-3-14(17)18-6-2-11(31-18)9-24-25-21(27)19-12-4-5-13(16-8-15(12)16)20(19)22(25)28/h1-7,9,12-13,15-16,19-20H,8H2. The predicted octanol–water partition coefficient (Wildman–Crippen LogP) is 4.00. The van der Waals surface area contributed by atoms with Gasteiger partial charge >= 0.3 is 0 Å². The summed E-state index contributed by atoms with van der Waals surface area (Å²) in [7, 11) is 0. The minimum atomic E-state index is -0.471. The van der Waals surface area contributed by atoms with E-state index in [1.807, 2.05) is 0 Å². The molecule has 1 aliphatic heterocycles. The number of non-ortho nitro benzene ring substituents is 1. The number of hydrogen-bond acceptors (Lipinski definition) is 6. The molecule has 2 bridgehead atoms. The molecule has 2 amide bonds. The third kappa shape index (κ3) is 2.69.